The number of rotatable bonds is 6. The van der Waals surface area contributed by atoms with Crippen LogP contribution in [-0.2, 0) is 28.2 Å². The van der Waals surface area contributed by atoms with Crippen molar-refractivity contribution in [1.82, 2.24) is 24.3 Å². The van der Waals surface area contributed by atoms with E-state index in [9.17, 15) is 18.0 Å². The molecule has 2 aliphatic rings. The van der Waals surface area contributed by atoms with Gasteiger partial charge in [0.05, 0.1) is 22.7 Å². The molecule has 0 aliphatic carbocycles. The molecule has 238 valence electrons. The fourth-order valence-corrected chi connectivity index (χ4v) is 8.40. The fourth-order valence-electron chi connectivity index (χ4n) is 7.34. The van der Waals surface area contributed by atoms with E-state index >= 15 is 0 Å². The maximum Gasteiger partial charge on any atom is 0.254 e. The second kappa shape index (κ2) is 11.8. The van der Waals surface area contributed by atoms with Gasteiger partial charge in [-0.15, -0.1) is 0 Å². The van der Waals surface area contributed by atoms with Crippen LogP contribution in [0.25, 0.3) is 44.3 Å². The third-order valence-corrected chi connectivity index (χ3v) is 11.7. The summed E-state index contributed by atoms with van der Waals surface area (Å²) < 4.78 is 25.7. The Balaban J connectivity index is 1.30. The maximum atomic E-state index is 13.6. The van der Waals surface area contributed by atoms with Gasteiger partial charge in [0.25, 0.3) is 5.56 Å². The molecule has 0 saturated carbocycles. The summed E-state index contributed by atoms with van der Waals surface area (Å²) in [4.78, 5) is 38.2. The first kappa shape index (κ1) is 30.4. The number of carbonyl (C=O) groups is 1. The molecule has 46 heavy (non-hydrogen) atoms. The Bertz CT molecular complexity index is 2110. The third kappa shape index (κ3) is 5.54. The van der Waals surface area contributed by atoms with E-state index in [-0.39, 0.29) is 22.6 Å². The molecule has 2 aromatic carbocycles. The molecular weight excluding hydrogens is 598 g/mol. The lowest BCUT2D eigenvalue weighted by atomic mass is 9.94. The van der Waals surface area contributed by atoms with Crippen LogP contribution in [0, 0.1) is 0 Å². The highest BCUT2D eigenvalue weighted by Crippen LogP contribution is 2.41. The Labute approximate surface area is 268 Å². The molecule has 5 aromatic rings. The van der Waals surface area contributed by atoms with E-state index in [1.807, 2.05) is 29.2 Å². The number of nitrogens with one attached hydrogen (secondary N) is 1. The summed E-state index contributed by atoms with van der Waals surface area (Å²) in [5.74, 6) is 0.0226. The monoisotopic (exact) mass is 637 g/mol. The second-order valence-corrected chi connectivity index (χ2v) is 15.3. The van der Waals surface area contributed by atoms with Crippen molar-refractivity contribution < 1.29 is 13.2 Å². The molecule has 5 heterocycles. The van der Waals surface area contributed by atoms with Crippen LogP contribution in [0.5, 0.6) is 0 Å². The van der Waals surface area contributed by atoms with Crippen molar-refractivity contribution in [1.29, 1.82) is 0 Å². The molecule has 2 fully saturated rings. The molecular formula is C36H39N5O4S. The average molecular weight is 638 g/mol. The Hall–Kier alpha value is -4.28. The van der Waals surface area contributed by atoms with E-state index in [2.05, 4.69) is 46.3 Å². The standard InChI is InChI=1S/C36H39N5O4S/c1-23(42)41-18-13-27(22-41)29-19-30-31(39(2)36(29)43)20-37-35-33(30)32(25-7-5-4-6-8-25)34(38-35)26-11-9-24(10-12-26)21-40-16-14-28(15-17-40)46(3,44)45/h4-12,19-20,27-28H,13-18,21-22H2,1-3H3,(H,37,38)/t27-/m0/s1. The number of piperidine rings is 1. The molecule has 0 bridgehead atoms. The van der Waals surface area contributed by atoms with Crippen molar-refractivity contribution in [3.63, 3.8) is 0 Å². The van der Waals surface area contributed by atoms with Gasteiger partial charge in [0.15, 0.2) is 0 Å². The zero-order valence-corrected chi connectivity index (χ0v) is 27.3. The number of carbonyl (C=O) groups excluding carboxylic acids is 1. The van der Waals surface area contributed by atoms with E-state index in [4.69, 9.17) is 4.98 Å². The van der Waals surface area contributed by atoms with Gasteiger partial charge in [-0.1, -0.05) is 54.6 Å². The summed E-state index contributed by atoms with van der Waals surface area (Å²) >= 11 is 0. The highest BCUT2D eigenvalue weighted by Gasteiger charge is 2.29. The lowest BCUT2D eigenvalue weighted by molar-refractivity contribution is -0.127. The van der Waals surface area contributed by atoms with E-state index < -0.39 is 9.84 Å². The Morgan fingerprint density at radius 1 is 0.978 bits per heavy atom. The zero-order chi connectivity index (χ0) is 32.2. The van der Waals surface area contributed by atoms with Crippen LogP contribution < -0.4 is 5.56 Å². The Morgan fingerprint density at radius 2 is 1.70 bits per heavy atom. The predicted octanol–water partition coefficient (Wildman–Crippen LogP) is 5.09. The van der Waals surface area contributed by atoms with Gasteiger partial charge in [-0.05, 0) is 55.1 Å². The second-order valence-electron chi connectivity index (χ2n) is 12.9. The fraction of sp³-hybridized carbons (Fsp3) is 0.361. The van der Waals surface area contributed by atoms with Crippen LogP contribution in [0.1, 0.15) is 43.2 Å². The van der Waals surface area contributed by atoms with Gasteiger partial charge in [0.2, 0.25) is 5.91 Å². The summed E-state index contributed by atoms with van der Waals surface area (Å²) in [6.07, 6.45) is 5.23. The summed E-state index contributed by atoms with van der Waals surface area (Å²) in [6, 6.07) is 20.9. The number of nitrogens with zero attached hydrogens (tertiary/aromatic N) is 4. The molecule has 0 spiro atoms. The van der Waals surface area contributed by atoms with Crippen molar-refractivity contribution >= 4 is 37.7 Å². The summed E-state index contributed by atoms with van der Waals surface area (Å²) in [5, 5.41) is 1.69. The van der Waals surface area contributed by atoms with E-state index in [0.717, 1.165) is 75.9 Å². The van der Waals surface area contributed by atoms with Crippen molar-refractivity contribution in [3.8, 4) is 22.4 Å². The van der Waals surface area contributed by atoms with Gasteiger partial charge in [-0.25, -0.2) is 13.4 Å². The van der Waals surface area contributed by atoms with Gasteiger partial charge >= 0.3 is 0 Å². The quantitative estimate of drug-likeness (QED) is 0.278. The summed E-state index contributed by atoms with van der Waals surface area (Å²) in [6.45, 7) is 5.12. The van der Waals surface area contributed by atoms with Crippen LogP contribution in [0.15, 0.2) is 71.7 Å². The van der Waals surface area contributed by atoms with E-state index in [1.54, 1.807) is 24.7 Å². The molecule has 3 aromatic heterocycles. The molecule has 1 N–H and O–H groups in total. The number of likely N-dealkylation sites (tertiary alicyclic amines) is 2. The molecule has 2 aliphatic heterocycles. The number of H-pyrrole nitrogens is 1. The maximum absolute atomic E-state index is 13.6. The van der Waals surface area contributed by atoms with Crippen LogP contribution >= 0.6 is 0 Å². The summed E-state index contributed by atoms with van der Waals surface area (Å²) in [7, 11) is -1.19. The van der Waals surface area contributed by atoms with Crippen LogP contribution in [0.4, 0.5) is 0 Å². The van der Waals surface area contributed by atoms with E-state index in [0.29, 0.717) is 25.9 Å². The molecule has 7 rings (SSSR count). The Morgan fingerprint density at radius 3 is 2.35 bits per heavy atom. The number of aromatic nitrogens is 3. The number of fused-ring (bicyclic) bond motifs is 3. The van der Waals surface area contributed by atoms with Crippen molar-refractivity contribution in [2.75, 3.05) is 32.4 Å². The van der Waals surface area contributed by atoms with Crippen LogP contribution in [0.2, 0.25) is 0 Å². The number of amides is 1. The topological polar surface area (TPSA) is 108 Å². The zero-order valence-electron chi connectivity index (χ0n) is 26.5. The lowest BCUT2D eigenvalue weighted by Gasteiger charge is -2.31. The number of hydrogen-bond acceptors (Lipinski definition) is 6. The normalized spacial score (nSPS) is 18.2. The first-order valence-corrected chi connectivity index (χ1v) is 17.9. The summed E-state index contributed by atoms with van der Waals surface area (Å²) in [5.41, 5.74) is 7.46. The minimum Gasteiger partial charge on any atom is -0.342 e. The molecule has 0 unspecified atom stereocenters. The van der Waals surface area contributed by atoms with Gasteiger partial charge in [-0.3, -0.25) is 14.5 Å². The minimum atomic E-state index is -2.99. The van der Waals surface area contributed by atoms with E-state index in [1.165, 1.54) is 11.8 Å². The highest BCUT2D eigenvalue weighted by molar-refractivity contribution is 7.91. The van der Waals surface area contributed by atoms with Gasteiger partial charge in [0, 0.05) is 67.7 Å². The van der Waals surface area contributed by atoms with Gasteiger partial charge in [-0.2, -0.15) is 0 Å². The smallest absolute Gasteiger partial charge is 0.254 e. The lowest BCUT2D eigenvalue weighted by Crippen LogP contribution is -2.38. The van der Waals surface area contributed by atoms with Gasteiger partial charge < -0.3 is 14.5 Å². The van der Waals surface area contributed by atoms with Crippen molar-refractivity contribution in [2.45, 2.75) is 43.9 Å². The predicted molar refractivity (Wildman–Crippen MR) is 182 cm³/mol. The molecule has 10 heteroatoms. The third-order valence-electron chi connectivity index (χ3n) is 9.98. The van der Waals surface area contributed by atoms with Crippen LogP contribution in [-0.4, -0.2) is 76.3 Å². The molecule has 9 nitrogen and oxygen atoms in total. The molecule has 1 atom stereocenters. The number of pyridine rings is 2. The van der Waals surface area contributed by atoms with Gasteiger partial charge in [0.1, 0.15) is 15.5 Å². The number of sulfone groups is 1. The average Bonchev–Trinajstić information content (AvgIpc) is 3.70. The highest BCUT2D eigenvalue weighted by atomic mass is 32.2. The Kier molecular flexibility index (Phi) is 7.81. The number of hydrogen-bond donors (Lipinski definition) is 1. The number of benzene rings is 2. The number of aromatic amines is 1. The molecule has 2 saturated heterocycles. The first-order valence-electron chi connectivity index (χ1n) is 15.9. The SMILES string of the molecule is CC(=O)N1CC[C@H](c2cc3c4c(-c5ccccc5)c(-c5ccc(CN6CCC(S(C)(=O)=O)CC6)cc5)[nH]c4ncc3n(C)c2=O)C1. The minimum absolute atomic E-state index is 0.0153. The molecule has 1 amide bonds. The number of aryl methyl sites for hydroxylation is 1. The van der Waals surface area contributed by atoms with Crippen molar-refractivity contribution in [2.24, 2.45) is 7.05 Å². The first-order chi connectivity index (χ1) is 22.1. The van der Waals surface area contributed by atoms with Crippen molar-refractivity contribution in [3.05, 3.63) is 88.3 Å². The largest absolute Gasteiger partial charge is 0.342 e. The van der Waals surface area contributed by atoms with Crippen LogP contribution in [0.3, 0.4) is 0 Å². The molecule has 0 radical (unpaired) electrons.